The van der Waals surface area contributed by atoms with Gasteiger partial charge in [-0.3, -0.25) is 0 Å². The monoisotopic (exact) mass is 551 g/mol. The van der Waals surface area contributed by atoms with Crippen LogP contribution in [0.15, 0.2) is 94.2 Å². The Morgan fingerprint density at radius 1 is 0.853 bits per heavy atom. The van der Waals surface area contributed by atoms with Gasteiger partial charge in [0, 0.05) is 42.0 Å². The minimum absolute atomic E-state index is 0. The van der Waals surface area contributed by atoms with Crippen LogP contribution in [0.1, 0.15) is 21.6 Å². The van der Waals surface area contributed by atoms with Gasteiger partial charge in [0.1, 0.15) is 18.8 Å². The van der Waals surface area contributed by atoms with Crippen molar-refractivity contribution in [3.63, 3.8) is 0 Å². The van der Waals surface area contributed by atoms with Gasteiger partial charge in [-0.15, -0.1) is 0 Å². The zero-order chi connectivity index (χ0) is 23.4. The molecule has 1 aromatic heterocycles. The molecule has 2 heterocycles. The minimum Gasteiger partial charge on any atom is -0.457 e. The average molecular weight is 552 g/mol. The van der Waals surface area contributed by atoms with Crippen molar-refractivity contribution in [3.05, 3.63) is 106 Å². The quantitative estimate of drug-likeness (QED) is 0.329. The van der Waals surface area contributed by atoms with Crippen LogP contribution in [0, 0.1) is 0 Å². The molecule has 169 valence electrons. The molecule has 0 unspecified atom stereocenters. The van der Waals surface area contributed by atoms with Gasteiger partial charge in [0.25, 0.3) is 10.0 Å². The molecular weight excluding hydrogens is 535 g/mol. The van der Waals surface area contributed by atoms with Crippen molar-refractivity contribution in [1.82, 2.24) is 3.97 Å². The SMILES string of the molecule is O=C(OCc1ccccc1)C1=CN=C1S(=O)(=O)n1ccc(Br)c1C(=O)OCc1ccccc1.[Na]. The van der Waals surface area contributed by atoms with Crippen LogP contribution in [-0.4, -0.2) is 58.9 Å². The average Bonchev–Trinajstić information content (AvgIpc) is 3.19. The topological polar surface area (TPSA) is 104 Å². The van der Waals surface area contributed by atoms with Crippen LogP contribution in [-0.2, 0) is 37.5 Å². The second kappa shape index (κ2) is 11.3. The van der Waals surface area contributed by atoms with Gasteiger partial charge in [-0.2, -0.15) is 8.42 Å². The fraction of sp³-hybridized carbons (Fsp3) is 0.0870. The fourth-order valence-corrected chi connectivity index (χ4v) is 5.00. The van der Waals surface area contributed by atoms with E-state index < -0.39 is 27.0 Å². The number of aromatic nitrogens is 1. The molecule has 0 saturated heterocycles. The summed E-state index contributed by atoms with van der Waals surface area (Å²) in [5, 5.41) is -0.485. The summed E-state index contributed by atoms with van der Waals surface area (Å²) in [6.45, 7) is -0.0499. The number of ether oxygens (including phenoxy) is 2. The Kier molecular flexibility index (Phi) is 8.67. The van der Waals surface area contributed by atoms with Gasteiger partial charge in [0.2, 0.25) is 0 Å². The Bertz CT molecular complexity index is 1370. The van der Waals surface area contributed by atoms with Crippen molar-refractivity contribution in [3.8, 4) is 0 Å². The standard InChI is InChI=1S/C23H17BrN2O6S.Na/c24-19-11-12-26(20(19)23(28)32-15-17-9-5-2-6-10-17)33(29,30)21-18(13-25-21)22(27)31-14-16-7-3-1-4-8-16;/h1-13H,14-15H2;. The second-order valence-electron chi connectivity index (χ2n) is 6.91. The van der Waals surface area contributed by atoms with E-state index in [-0.39, 0.29) is 58.5 Å². The molecule has 0 atom stereocenters. The molecule has 1 aliphatic rings. The molecule has 4 rings (SSSR count). The summed E-state index contributed by atoms with van der Waals surface area (Å²) in [6.07, 6.45) is 2.30. The molecule has 2 aromatic carbocycles. The molecule has 0 N–H and O–H groups in total. The first-order chi connectivity index (χ1) is 15.9. The minimum atomic E-state index is -4.35. The molecule has 3 aromatic rings. The van der Waals surface area contributed by atoms with Gasteiger partial charge in [0.05, 0.1) is 4.47 Å². The molecule has 34 heavy (non-hydrogen) atoms. The molecule has 1 aliphatic heterocycles. The number of nitrogens with zero attached hydrogens (tertiary/aromatic N) is 2. The van der Waals surface area contributed by atoms with Crippen LogP contribution in [0.3, 0.4) is 0 Å². The van der Waals surface area contributed by atoms with Gasteiger partial charge < -0.3 is 9.47 Å². The Labute approximate surface area is 226 Å². The number of carbonyl (C=O) groups is 2. The second-order valence-corrected chi connectivity index (χ2v) is 9.50. The third kappa shape index (κ3) is 5.59. The number of esters is 2. The van der Waals surface area contributed by atoms with Crippen LogP contribution in [0.4, 0.5) is 0 Å². The van der Waals surface area contributed by atoms with Crippen molar-refractivity contribution in [1.29, 1.82) is 0 Å². The summed E-state index contributed by atoms with van der Waals surface area (Å²) in [5.41, 5.74) is 1.07. The molecule has 0 spiro atoms. The first-order valence-electron chi connectivity index (χ1n) is 9.71. The van der Waals surface area contributed by atoms with Crippen molar-refractivity contribution >= 4 is 72.5 Å². The van der Waals surface area contributed by atoms with E-state index in [1.54, 1.807) is 48.5 Å². The van der Waals surface area contributed by atoms with E-state index in [1.807, 2.05) is 12.1 Å². The van der Waals surface area contributed by atoms with E-state index in [0.717, 1.165) is 21.3 Å². The van der Waals surface area contributed by atoms with E-state index in [9.17, 15) is 18.0 Å². The zero-order valence-electron chi connectivity index (χ0n) is 18.0. The molecule has 0 fully saturated rings. The van der Waals surface area contributed by atoms with Gasteiger partial charge in [-0.05, 0) is 33.1 Å². The normalized spacial score (nSPS) is 12.5. The summed E-state index contributed by atoms with van der Waals surface area (Å²) in [7, 11) is -4.35. The molecule has 0 bridgehead atoms. The maximum atomic E-state index is 13.2. The first-order valence-corrected chi connectivity index (χ1v) is 11.9. The Balaban J connectivity index is 0.00000324. The van der Waals surface area contributed by atoms with Crippen LogP contribution in [0.2, 0.25) is 0 Å². The first kappa shape index (κ1) is 26.1. The van der Waals surface area contributed by atoms with Gasteiger partial charge in [-0.25, -0.2) is 18.6 Å². The number of aliphatic imine (C=N–C) groups is 1. The van der Waals surface area contributed by atoms with Crippen LogP contribution >= 0.6 is 15.9 Å². The van der Waals surface area contributed by atoms with Crippen LogP contribution in [0.5, 0.6) is 0 Å². The van der Waals surface area contributed by atoms with E-state index in [0.29, 0.717) is 0 Å². The van der Waals surface area contributed by atoms with Gasteiger partial charge in [-0.1, -0.05) is 60.7 Å². The Morgan fingerprint density at radius 3 is 1.88 bits per heavy atom. The van der Waals surface area contributed by atoms with Crippen molar-refractivity contribution < 1.29 is 27.5 Å². The maximum Gasteiger partial charge on any atom is 0.357 e. The summed E-state index contributed by atoms with van der Waals surface area (Å²) >= 11 is 3.19. The smallest absolute Gasteiger partial charge is 0.357 e. The number of hydrogen-bond acceptors (Lipinski definition) is 7. The molecule has 0 saturated carbocycles. The zero-order valence-corrected chi connectivity index (χ0v) is 22.5. The fourth-order valence-electron chi connectivity index (χ4n) is 2.99. The molecule has 11 heteroatoms. The van der Waals surface area contributed by atoms with Gasteiger partial charge >= 0.3 is 11.9 Å². The number of hydrogen-bond donors (Lipinski definition) is 0. The van der Waals surface area contributed by atoms with Crippen molar-refractivity contribution in [2.24, 2.45) is 4.99 Å². The van der Waals surface area contributed by atoms with Crippen LogP contribution in [0.25, 0.3) is 0 Å². The van der Waals surface area contributed by atoms with Crippen molar-refractivity contribution in [2.45, 2.75) is 13.2 Å². The largest absolute Gasteiger partial charge is 0.457 e. The van der Waals surface area contributed by atoms with E-state index in [2.05, 4.69) is 20.9 Å². The van der Waals surface area contributed by atoms with Crippen molar-refractivity contribution in [2.75, 3.05) is 0 Å². The Morgan fingerprint density at radius 2 is 1.38 bits per heavy atom. The third-order valence-corrected chi connectivity index (χ3v) is 6.96. The van der Waals surface area contributed by atoms with E-state index >= 15 is 0 Å². The third-order valence-electron chi connectivity index (χ3n) is 4.69. The molecule has 0 aliphatic carbocycles. The number of rotatable bonds is 7. The van der Waals surface area contributed by atoms with E-state index in [1.165, 1.54) is 12.3 Å². The predicted octanol–water partition coefficient (Wildman–Crippen LogP) is 3.44. The summed E-state index contributed by atoms with van der Waals surface area (Å²) in [5.74, 6) is -1.68. The molecule has 0 amide bonds. The molecular formula is C23H17BrN2NaO6S. The van der Waals surface area contributed by atoms with Gasteiger partial charge in [0.15, 0.2) is 10.7 Å². The summed E-state index contributed by atoms with van der Waals surface area (Å²) in [4.78, 5) is 28.9. The molecule has 8 nitrogen and oxygen atoms in total. The predicted molar refractivity (Wildman–Crippen MR) is 130 cm³/mol. The number of benzene rings is 2. The number of carbonyl (C=O) groups excluding carboxylic acids is 2. The maximum absolute atomic E-state index is 13.2. The van der Waals surface area contributed by atoms with Crippen LogP contribution < -0.4 is 0 Å². The van der Waals surface area contributed by atoms with E-state index in [4.69, 9.17) is 9.47 Å². The summed E-state index contributed by atoms with van der Waals surface area (Å²) in [6, 6.07) is 19.3. The number of halogens is 1. The Hall–Kier alpha value is -2.50. The molecule has 1 radical (unpaired) electrons. The summed E-state index contributed by atoms with van der Waals surface area (Å²) < 4.78 is 37.8.